The quantitative estimate of drug-likeness (QED) is 0.174. The van der Waals surface area contributed by atoms with Gasteiger partial charge in [-0.15, -0.1) is 0 Å². The molecular formula is C59H37N3. The van der Waals surface area contributed by atoms with Crippen molar-refractivity contribution in [3.8, 4) is 33.6 Å². The van der Waals surface area contributed by atoms with Crippen LogP contribution >= 0.6 is 0 Å². The molecule has 1 heterocycles. The second-order valence-corrected chi connectivity index (χ2v) is 16.6. The van der Waals surface area contributed by atoms with Gasteiger partial charge in [0.15, 0.2) is 17.5 Å². The Labute approximate surface area is 359 Å². The molecule has 0 radical (unpaired) electrons. The Hall–Kier alpha value is -8.01. The largest absolute Gasteiger partial charge is 0.215 e. The molecule has 10 aromatic carbocycles. The lowest BCUT2D eigenvalue weighted by Crippen LogP contribution is -2.36. The van der Waals surface area contributed by atoms with Crippen LogP contribution in [0.25, 0.3) is 66.0 Å². The molecule has 0 saturated carbocycles. The van der Waals surface area contributed by atoms with E-state index < -0.39 is 10.8 Å². The third-order valence-corrected chi connectivity index (χ3v) is 13.6. The van der Waals surface area contributed by atoms with E-state index in [0.29, 0.717) is 17.5 Å². The minimum atomic E-state index is -0.903. The number of hydrogen-bond acceptors (Lipinski definition) is 3. The van der Waals surface area contributed by atoms with Crippen molar-refractivity contribution in [1.82, 2.24) is 15.0 Å². The molecular weight excluding hydrogens is 751 g/mol. The molecule has 3 heteroatoms. The van der Waals surface area contributed by atoms with Crippen LogP contribution < -0.4 is 0 Å². The first kappa shape index (κ1) is 34.8. The fourth-order valence-electron chi connectivity index (χ4n) is 10.9. The topological polar surface area (TPSA) is 38.7 Å². The van der Waals surface area contributed by atoms with Crippen molar-refractivity contribution in [2.75, 3.05) is 0 Å². The summed E-state index contributed by atoms with van der Waals surface area (Å²) in [5, 5.41) is 6.99. The van der Waals surface area contributed by atoms with Crippen molar-refractivity contribution >= 4 is 32.3 Å². The average Bonchev–Trinajstić information content (AvgIpc) is 3.82. The van der Waals surface area contributed by atoms with Crippen LogP contribution in [-0.4, -0.2) is 15.0 Å². The summed E-state index contributed by atoms with van der Waals surface area (Å²) in [6, 6.07) is 81.4. The van der Waals surface area contributed by atoms with Gasteiger partial charge in [0.05, 0.1) is 0 Å². The minimum absolute atomic E-state index is 0.638. The lowest BCUT2D eigenvalue weighted by molar-refractivity contribution is 0.633. The fourth-order valence-corrected chi connectivity index (χ4v) is 10.9. The Morgan fingerprint density at radius 1 is 0.274 bits per heavy atom. The van der Waals surface area contributed by atoms with E-state index in [9.17, 15) is 0 Å². The lowest BCUT2D eigenvalue weighted by Gasteiger charge is -2.36. The second kappa shape index (κ2) is 13.2. The molecule has 0 aliphatic heterocycles. The monoisotopic (exact) mass is 787 g/mol. The number of nitrogens with zero attached hydrogens (tertiary/aromatic N) is 3. The highest BCUT2D eigenvalue weighted by Crippen LogP contribution is 2.59. The average molecular weight is 788 g/mol. The standard InChI is InChI=1S/C59H37N3/c1-3-19-41-36-43(33-32-38(41)16-1)55-60-56(58(44-35-34-39-17-2-4-20-42(39)37-44)51-27-11-7-23-46(51)47-24-8-12-28-52(47)58)62-57(61-55)59(50-31-15-21-40-18-5-6-22-45(40)50)53-29-13-9-25-48(53)49-26-10-14-30-54(49)59/h1-37H. The van der Waals surface area contributed by atoms with Gasteiger partial charge in [0, 0.05) is 5.56 Å². The molecule has 3 nitrogen and oxygen atoms in total. The van der Waals surface area contributed by atoms with Gasteiger partial charge in [0.25, 0.3) is 0 Å². The number of benzene rings is 10. The second-order valence-electron chi connectivity index (χ2n) is 16.6. The first-order valence-electron chi connectivity index (χ1n) is 21.4. The van der Waals surface area contributed by atoms with Gasteiger partial charge < -0.3 is 0 Å². The molecule has 0 N–H and O–H groups in total. The maximum Gasteiger partial charge on any atom is 0.163 e. The zero-order chi connectivity index (χ0) is 40.8. The predicted molar refractivity (Wildman–Crippen MR) is 252 cm³/mol. The zero-order valence-electron chi connectivity index (χ0n) is 33.7. The summed E-state index contributed by atoms with van der Waals surface area (Å²) in [4.78, 5) is 17.6. The summed E-state index contributed by atoms with van der Waals surface area (Å²) in [6.45, 7) is 0. The summed E-state index contributed by atoms with van der Waals surface area (Å²) in [6.07, 6.45) is 0. The van der Waals surface area contributed by atoms with Crippen LogP contribution in [0.1, 0.15) is 45.0 Å². The smallest absolute Gasteiger partial charge is 0.163 e. The SMILES string of the molecule is c1ccc2c(c1)-c1ccccc1C2(c1ccc2ccccc2c1)c1nc(-c2ccc3ccccc3c2)nc(C2(c3cccc4ccccc34)c3ccccc3-c3ccccc32)n1. The fraction of sp³-hybridized carbons (Fsp3) is 0.0339. The van der Waals surface area contributed by atoms with Gasteiger partial charge in [0.2, 0.25) is 0 Å². The van der Waals surface area contributed by atoms with Crippen LogP contribution in [0.5, 0.6) is 0 Å². The Morgan fingerprint density at radius 2 is 0.694 bits per heavy atom. The molecule has 0 unspecified atom stereocenters. The third-order valence-electron chi connectivity index (χ3n) is 13.6. The molecule has 11 aromatic rings. The van der Waals surface area contributed by atoms with Gasteiger partial charge in [-0.05, 0) is 100 Å². The zero-order valence-corrected chi connectivity index (χ0v) is 33.7. The first-order chi connectivity index (χ1) is 30.7. The van der Waals surface area contributed by atoms with Crippen molar-refractivity contribution in [2.24, 2.45) is 0 Å². The number of fused-ring (bicyclic) bond motifs is 9. The molecule has 13 rings (SSSR count). The maximum absolute atomic E-state index is 6.04. The molecule has 288 valence electrons. The van der Waals surface area contributed by atoms with Crippen molar-refractivity contribution in [2.45, 2.75) is 10.8 Å². The van der Waals surface area contributed by atoms with Gasteiger partial charge in [-0.1, -0.05) is 212 Å². The van der Waals surface area contributed by atoms with Crippen LogP contribution in [-0.2, 0) is 10.8 Å². The predicted octanol–water partition coefficient (Wildman–Crippen LogP) is 13.7. The molecule has 0 bridgehead atoms. The summed E-state index contributed by atoms with van der Waals surface area (Å²) in [5.41, 5.74) is 10.8. The van der Waals surface area contributed by atoms with Crippen LogP contribution in [0.4, 0.5) is 0 Å². The molecule has 62 heavy (non-hydrogen) atoms. The summed E-state index contributed by atoms with van der Waals surface area (Å²) >= 11 is 0. The minimum Gasteiger partial charge on any atom is -0.215 e. The maximum atomic E-state index is 6.04. The van der Waals surface area contributed by atoms with Gasteiger partial charge in [0.1, 0.15) is 10.8 Å². The van der Waals surface area contributed by atoms with E-state index in [0.717, 1.165) is 49.7 Å². The Morgan fingerprint density at radius 3 is 1.29 bits per heavy atom. The summed E-state index contributed by atoms with van der Waals surface area (Å²) < 4.78 is 0. The van der Waals surface area contributed by atoms with Crippen LogP contribution in [0, 0.1) is 0 Å². The van der Waals surface area contributed by atoms with Crippen molar-refractivity contribution in [1.29, 1.82) is 0 Å². The molecule has 0 fully saturated rings. The first-order valence-corrected chi connectivity index (χ1v) is 21.4. The lowest BCUT2D eigenvalue weighted by atomic mass is 9.69. The molecule has 2 aliphatic carbocycles. The van der Waals surface area contributed by atoms with E-state index in [-0.39, 0.29) is 0 Å². The molecule has 0 spiro atoms. The Balaban J connectivity index is 1.23. The van der Waals surface area contributed by atoms with E-state index in [1.807, 2.05) is 0 Å². The number of hydrogen-bond donors (Lipinski definition) is 0. The van der Waals surface area contributed by atoms with E-state index in [1.165, 1.54) is 43.8 Å². The van der Waals surface area contributed by atoms with Crippen molar-refractivity contribution in [3.63, 3.8) is 0 Å². The van der Waals surface area contributed by atoms with Crippen LogP contribution in [0.15, 0.2) is 224 Å². The summed E-state index contributed by atoms with van der Waals surface area (Å²) in [5.74, 6) is 2.03. The number of rotatable bonds is 5. The van der Waals surface area contributed by atoms with Gasteiger partial charge >= 0.3 is 0 Å². The molecule has 1 aromatic heterocycles. The van der Waals surface area contributed by atoms with Crippen LogP contribution in [0.3, 0.4) is 0 Å². The van der Waals surface area contributed by atoms with E-state index in [2.05, 4.69) is 224 Å². The third kappa shape index (κ3) is 4.73. The van der Waals surface area contributed by atoms with Gasteiger partial charge in [-0.3, -0.25) is 0 Å². The van der Waals surface area contributed by atoms with Gasteiger partial charge in [-0.25, -0.2) is 15.0 Å². The van der Waals surface area contributed by atoms with E-state index >= 15 is 0 Å². The highest BCUT2D eigenvalue weighted by Gasteiger charge is 2.53. The molecule has 0 atom stereocenters. The Kier molecular flexibility index (Phi) is 7.44. The molecule has 2 aliphatic rings. The molecule has 0 amide bonds. The highest BCUT2D eigenvalue weighted by molar-refractivity contribution is 5.95. The van der Waals surface area contributed by atoms with Gasteiger partial charge in [-0.2, -0.15) is 0 Å². The van der Waals surface area contributed by atoms with Crippen molar-refractivity contribution in [3.05, 3.63) is 269 Å². The normalized spacial score (nSPS) is 14.1. The highest BCUT2D eigenvalue weighted by atomic mass is 15.1. The van der Waals surface area contributed by atoms with Crippen LogP contribution in [0.2, 0.25) is 0 Å². The number of aromatic nitrogens is 3. The van der Waals surface area contributed by atoms with E-state index in [1.54, 1.807) is 0 Å². The summed E-state index contributed by atoms with van der Waals surface area (Å²) in [7, 11) is 0. The van der Waals surface area contributed by atoms with E-state index in [4.69, 9.17) is 15.0 Å². The van der Waals surface area contributed by atoms with Crippen molar-refractivity contribution < 1.29 is 0 Å². The molecule has 0 saturated heterocycles. The Bertz CT molecular complexity index is 3520.